The molecule has 4 nitrogen and oxygen atoms in total. The fraction of sp³-hybridized carbons (Fsp3) is 0.529. The molecule has 1 saturated carbocycles. The maximum atomic E-state index is 11.9. The summed E-state index contributed by atoms with van der Waals surface area (Å²) in [6.45, 7) is 4.18. The first-order valence-corrected chi connectivity index (χ1v) is 7.59. The van der Waals surface area contributed by atoms with Gasteiger partial charge < -0.3 is 10.1 Å². The van der Waals surface area contributed by atoms with E-state index in [1.165, 1.54) is 6.42 Å². The molecule has 21 heavy (non-hydrogen) atoms. The van der Waals surface area contributed by atoms with Gasteiger partial charge in [-0.1, -0.05) is 44.9 Å². The Morgan fingerprint density at radius 3 is 2.62 bits per heavy atom. The lowest BCUT2D eigenvalue weighted by Gasteiger charge is -2.34. The highest BCUT2D eigenvalue weighted by molar-refractivity contribution is 5.91. The molecule has 0 unspecified atom stereocenters. The molecular formula is C17H23NO3. The molecule has 0 spiro atoms. The molecule has 1 amide bonds. The summed E-state index contributed by atoms with van der Waals surface area (Å²) >= 11 is 0. The summed E-state index contributed by atoms with van der Waals surface area (Å²) in [6.07, 6.45) is 3.36. The number of hydrogen-bond acceptors (Lipinski definition) is 3. The lowest BCUT2D eigenvalue weighted by Crippen LogP contribution is -2.45. The number of ether oxygens (including phenoxy) is 1. The first-order valence-electron chi connectivity index (χ1n) is 7.59. The van der Waals surface area contributed by atoms with Crippen LogP contribution in [0.1, 0.15) is 43.5 Å². The number of benzene rings is 1. The van der Waals surface area contributed by atoms with E-state index in [-0.39, 0.29) is 18.6 Å². The van der Waals surface area contributed by atoms with Gasteiger partial charge in [-0.2, -0.15) is 0 Å². The van der Waals surface area contributed by atoms with E-state index in [0.29, 0.717) is 17.4 Å². The Hall–Kier alpha value is -1.84. The van der Waals surface area contributed by atoms with Crippen LogP contribution in [0.25, 0.3) is 0 Å². The number of carbonyl (C=O) groups is 2. The summed E-state index contributed by atoms with van der Waals surface area (Å²) in [4.78, 5) is 23.7. The maximum absolute atomic E-state index is 11.9. The van der Waals surface area contributed by atoms with Crippen molar-refractivity contribution in [2.45, 2.75) is 39.2 Å². The van der Waals surface area contributed by atoms with Gasteiger partial charge in [-0.25, -0.2) is 4.79 Å². The summed E-state index contributed by atoms with van der Waals surface area (Å²) in [5.41, 5.74) is 0.463. The van der Waals surface area contributed by atoms with Crippen molar-refractivity contribution in [1.82, 2.24) is 5.32 Å². The SMILES string of the molecule is C[C@@H]1[C@H](C)CCC[C@H]1NC(=O)COC(=O)c1ccccc1. The molecule has 1 aliphatic rings. The second-order valence-corrected chi connectivity index (χ2v) is 5.88. The largest absolute Gasteiger partial charge is 0.452 e. The second kappa shape index (κ2) is 7.25. The summed E-state index contributed by atoms with van der Waals surface area (Å²) in [5.74, 6) is 0.407. The van der Waals surface area contributed by atoms with Gasteiger partial charge in [0.1, 0.15) is 0 Å². The van der Waals surface area contributed by atoms with Crippen molar-refractivity contribution in [3.05, 3.63) is 35.9 Å². The van der Waals surface area contributed by atoms with Gasteiger partial charge in [0, 0.05) is 6.04 Å². The van der Waals surface area contributed by atoms with Crippen LogP contribution in [0, 0.1) is 11.8 Å². The number of carbonyl (C=O) groups excluding carboxylic acids is 2. The minimum Gasteiger partial charge on any atom is -0.452 e. The smallest absolute Gasteiger partial charge is 0.338 e. The molecule has 0 aliphatic heterocycles. The third-order valence-electron chi connectivity index (χ3n) is 4.40. The number of nitrogens with one attached hydrogen (secondary N) is 1. The average Bonchev–Trinajstić information content (AvgIpc) is 2.50. The van der Waals surface area contributed by atoms with E-state index in [9.17, 15) is 9.59 Å². The molecule has 4 heteroatoms. The van der Waals surface area contributed by atoms with Crippen LogP contribution >= 0.6 is 0 Å². The van der Waals surface area contributed by atoms with Crippen molar-refractivity contribution in [3.63, 3.8) is 0 Å². The Kier molecular flexibility index (Phi) is 5.37. The van der Waals surface area contributed by atoms with Gasteiger partial charge in [0.25, 0.3) is 5.91 Å². The molecule has 0 heterocycles. The molecule has 1 fully saturated rings. The highest BCUT2D eigenvalue weighted by Crippen LogP contribution is 2.29. The van der Waals surface area contributed by atoms with E-state index in [0.717, 1.165) is 12.8 Å². The van der Waals surface area contributed by atoms with E-state index >= 15 is 0 Å². The minimum absolute atomic E-state index is 0.191. The van der Waals surface area contributed by atoms with Crippen molar-refractivity contribution >= 4 is 11.9 Å². The fourth-order valence-corrected chi connectivity index (χ4v) is 2.82. The van der Waals surface area contributed by atoms with Gasteiger partial charge in [0.2, 0.25) is 0 Å². The van der Waals surface area contributed by atoms with Gasteiger partial charge in [-0.3, -0.25) is 4.79 Å². The van der Waals surface area contributed by atoms with E-state index in [2.05, 4.69) is 19.2 Å². The molecule has 0 radical (unpaired) electrons. The molecule has 0 saturated heterocycles. The Morgan fingerprint density at radius 1 is 1.19 bits per heavy atom. The molecule has 1 aromatic rings. The van der Waals surface area contributed by atoms with Crippen LogP contribution in [0.4, 0.5) is 0 Å². The van der Waals surface area contributed by atoms with Crippen LogP contribution in [-0.4, -0.2) is 24.5 Å². The average molecular weight is 289 g/mol. The monoisotopic (exact) mass is 289 g/mol. The Balaban J connectivity index is 1.78. The molecule has 114 valence electrons. The standard InChI is InChI=1S/C17H23NO3/c1-12-7-6-10-15(13(12)2)18-16(19)11-21-17(20)14-8-4-3-5-9-14/h3-5,8-9,12-13,15H,6-7,10-11H2,1-2H3,(H,18,19)/t12-,13-,15-/m1/s1. The minimum atomic E-state index is -0.462. The predicted octanol–water partition coefficient (Wildman–Crippen LogP) is 2.78. The molecular weight excluding hydrogens is 266 g/mol. The van der Waals surface area contributed by atoms with Gasteiger partial charge >= 0.3 is 5.97 Å². The van der Waals surface area contributed by atoms with E-state index in [4.69, 9.17) is 4.74 Å². The number of esters is 1. The molecule has 1 aromatic carbocycles. The Bertz CT molecular complexity index is 486. The Labute approximate surface area is 125 Å². The third-order valence-corrected chi connectivity index (χ3v) is 4.40. The van der Waals surface area contributed by atoms with E-state index in [1.807, 2.05) is 6.07 Å². The van der Waals surface area contributed by atoms with E-state index in [1.54, 1.807) is 24.3 Å². The van der Waals surface area contributed by atoms with Crippen LogP contribution in [0.3, 0.4) is 0 Å². The van der Waals surface area contributed by atoms with Crippen molar-refractivity contribution in [2.75, 3.05) is 6.61 Å². The zero-order valence-electron chi connectivity index (χ0n) is 12.7. The highest BCUT2D eigenvalue weighted by Gasteiger charge is 2.28. The zero-order chi connectivity index (χ0) is 15.2. The van der Waals surface area contributed by atoms with Gasteiger partial charge in [-0.05, 0) is 30.4 Å². The van der Waals surface area contributed by atoms with Crippen LogP contribution < -0.4 is 5.32 Å². The van der Waals surface area contributed by atoms with Crippen molar-refractivity contribution in [3.8, 4) is 0 Å². The van der Waals surface area contributed by atoms with Gasteiger partial charge in [-0.15, -0.1) is 0 Å². The van der Waals surface area contributed by atoms with Crippen molar-refractivity contribution < 1.29 is 14.3 Å². The van der Waals surface area contributed by atoms with Crippen molar-refractivity contribution in [1.29, 1.82) is 0 Å². The first-order chi connectivity index (χ1) is 10.1. The number of hydrogen-bond donors (Lipinski definition) is 1. The molecule has 0 aromatic heterocycles. The quantitative estimate of drug-likeness (QED) is 0.867. The van der Waals surface area contributed by atoms with Crippen molar-refractivity contribution in [2.24, 2.45) is 11.8 Å². The third kappa shape index (κ3) is 4.31. The molecule has 2 rings (SSSR count). The zero-order valence-corrected chi connectivity index (χ0v) is 12.7. The number of amides is 1. The normalized spacial score (nSPS) is 25.1. The highest BCUT2D eigenvalue weighted by atomic mass is 16.5. The molecule has 0 bridgehead atoms. The van der Waals surface area contributed by atoms with Gasteiger partial charge in [0.15, 0.2) is 6.61 Å². The van der Waals surface area contributed by atoms with Crippen LogP contribution in [0.2, 0.25) is 0 Å². The van der Waals surface area contributed by atoms with Crippen LogP contribution in [-0.2, 0) is 9.53 Å². The molecule has 1 aliphatic carbocycles. The summed E-state index contributed by atoms with van der Waals surface area (Å²) in [5, 5.41) is 2.99. The Morgan fingerprint density at radius 2 is 1.90 bits per heavy atom. The maximum Gasteiger partial charge on any atom is 0.338 e. The summed E-state index contributed by atoms with van der Waals surface area (Å²) < 4.78 is 5.04. The number of rotatable bonds is 4. The summed E-state index contributed by atoms with van der Waals surface area (Å²) in [6, 6.07) is 8.89. The lowest BCUT2D eigenvalue weighted by molar-refractivity contribution is -0.125. The fourth-order valence-electron chi connectivity index (χ4n) is 2.82. The topological polar surface area (TPSA) is 55.4 Å². The van der Waals surface area contributed by atoms with Crippen LogP contribution in [0.5, 0.6) is 0 Å². The lowest BCUT2D eigenvalue weighted by atomic mass is 9.78. The molecule has 3 atom stereocenters. The van der Waals surface area contributed by atoms with Crippen LogP contribution in [0.15, 0.2) is 30.3 Å². The van der Waals surface area contributed by atoms with Gasteiger partial charge in [0.05, 0.1) is 5.56 Å². The molecule has 1 N–H and O–H groups in total. The van der Waals surface area contributed by atoms with E-state index < -0.39 is 5.97 Å². The second-order valence-electron chi connectivity index (χ2n) is 5.88. The summed E-state index contributed by atoms with van der Waals surface area (Å²) in [7, 11) is 0. The first kappa shape index (κ1) is 15.5. The predicted molar refractivity (Wildman–Crippen MR) is 80.8 cm³/mol.